The largest absolute Gasteiger partial charge is 0.460 e. The molecule has 0 saturated heterocycles. The first kappa shape index (κ1) is 16.7. The second-order valence-corrected chi connectivity index (χ2v) is 7.24. The minimum absolute atomic E-state index is 0.486. The lowest BCUT2D eigenvalue weighted by Crippen LogP contribution is -2.13. The van der Waals surface area contributed by atoms with E-state index in [1.807, 2.05) is 11.1 Å². The molecule has 0 N–H and O–H groups in total. The lowest BCUT2D eigenvalue weighted by molar-refractivity contribution is 0.166. The molecule has 0 atom stereocenters. The molecule has 0 radical (unpaired) electrons. The van der Waals surface area contributed by atoms with E-state index >= 15 is 0 Å². The number of hydrazone groups is 1. The highest BCUT2D eigenvalue weighted by Gasteiger charge is 2.14. The Morgan fingerprint density at radius 2 is 2.08 bits per heavy atom. The van der Waals surface area contributed by atoms with Crippen LogP contribution in [-0.4, -0.2) is 22.7 Å². The van der Waals surface area contributed by atoms with Gasteiger partial charge in [0.25, 0.3) is 0 Å². The first-order valence-corrected chi connectivity index (χ1v) is 9.20. The molecular formula is C21H18BrN3O. The van der Waals surface area contributed by atoms with E-state index in [1.165, 1.54) is 28.5 Å². The van der Waals surface area contributed by atoms with Crippen molar-refractivity contribution in [2.24, 2.45) is 5.10 Å². The molecule has 0 saturated carbocycles. The SMILES string of the molecule is C#CCn1cc(CN2COC=N2)c2cc(Cc3cccc(Br)c3)ccc21. The number of aromatic nitrogens is 1. The second-order valence-electron chi connectivity index (χ2n) is 6.33. The summed E-state index contributed by atoms with van der Waals surface area (Å²) >= 11 is 3.54. The number of rotatable bonds is 5. The molecule has 1 aliphatic rings. The van der Waals surface area contributed by atoms with Gasteiger partial charge >= 0.3 is 0 Å². The van der Waals surface area contributed by atoms with Crippen molar-refractivity contribution >= 4 is 33.2 Å². The minimum atomic E-state index is 0.486. The van der Waals surface area contributed by atoms with Gasteiger partial charge in [0.15, 0.2) is 13.1 Å². The lowest BCUT2D eigenvalue weighted by Gasteiger charge is -2.11. The van der Waals surface area contributed by atoms with Gasteiger partial charge in [-0.1, -0.05) is 40.0 Å². The van der Waals surface area contributed by atoms with Gasteiger partial charge in [-0.05, 0) is 47.4 Å². The number of nitrogens with zero attached hydrogens (tertiary/aromatic N) is 3. The maximum atomic E-state index is 5.54. The second kappa shape index (κ2) is 7.27. The summed E-state index contributed by atoms with van der Waals surface area (Å²) in [5.74, 6) is 2.73. The van der Waals surface area contributed by atoms with E-state index in [-0.39, 0.29) is 0 Å². The van der Waals surface area contributed by atoms with E-state index in [4.69, 9.17) is 11.2 Å². The number of hydrogen-bond donors (Lipinski definition) is 0. The number of benzene rings is 2. The van der Waals surface area contributed by atoms with Crippen molar-refractivity contribution in [2.75, 3.05) is 6.73 Å². The molecule has 4 nitrogen and oxygen atoms in total. The summed E-state index contributed by atoms with van der Waals surface area (Å²) in [5.41, 5.74) is 4.91. The van der Waals surface area contributed by atoms with E-state index in [0.29, 0.717) is 19.8 Å². The number of fused-ring (bicyclic) bond motifs is 1. The van der Waals surface area contributed by atoms with Crippen LogP contribution in [0, 0.1) is 12.3 Å². The minimum Gasteiger partial charge on any atom is -0.460 e. The van der Waals surface area contributed by atoms with E-state index in [0.717, 1.165) is 16.4 Å². The maximum Gasteiger partial charge on any atom is 0.195 e. The van der Waals surface area contributed by atoms with Gasteiger partial charge in [-0.3, -0.25) is 5.01 Å². The summed E-state index contributed by atoms with van der Waals surface area (Å²) in [5, 5.41) is 7.34. The highest BCUT2D eigenvalue weighted by Crippen LogP contribution is 2.26. The molecule has 2 heterocycles. The van der Waals surface area contributed by atoms with E-state index < -0.39 is 0 Å². The summed E-state index contributed by atoms with van der Waals surface area (Å²) in [7, 11) is 0. The van der Waals surface area contributed by atoms with Gasteiger partial charge in [0.1, 0.15) is 0 Å². The van der Waals surface area contributed by atoms with Gasteiger partial charge < -0.3 is 9.30 Å². The van der Waals surface area contributed by atoms with Crippen molar-refractivity contribution < 1.29 is 4.74 Å². The Kier molecular flexibility index (Phi) is 4.68. The van der Waals surface area contributed by atoms with Crippen LogP contribution in [0.25, 0.3) is 10.9 Å². The molecule has 0 unspecified atom stereocenters. The molecule has 130 valence electrons. The maximum absolute atomic E-state index is 5.54. The molecule has 0 amide bonds. The topological polar surface area (TPSA) is 29.8 Å². The van der Waals surface area contributed by atoms with Gasteiger partial charge in [-0.15, -0.1) is 11.5 Å². The Morgan fingerprint density at radius 3 is 2.85 bits per heavy atom. The van der Waals surface area contributed by atoms with E-state index in [1.54, 1.807) is 0 Å². The van der Waals surface area contributed by atoms with Crippen LogP contribution < -0.4 is 0 Å². The van der Waals surface area contributed by atoms with Gasteiger partial charge in [0.05, 0.1) is 13.1 Å². The molecule has 4 rings (SSSR count). The standard InChI is InChI=1S/C21H18BrN3O/c1-2-8-24-12-18(13-25-15-26-14-23-25)20-11-17(6-7-21(20)24)9-16-4-3-5-19(22)10-16/h1,3-7,10-12,14H,8-9,13,15H2. The predicted octanol–water partition coefficient (Wildman–Crippen LogP) is 4.36. The summed E-state index contributed by atoms with van der Waals surface area (Å²) < 4.78 is 8.42. The Balaban J connectivity index is 1.70. The van der Waals surface area contributed by atoms with E-state index in [9.17, 15) is 0 Å². The fourth-order valence-corrected chi connectivity index (χ4v) is 3.75. The number of hydrogen-bond acceptors (Lipinski definition) is 3. The predicted molar refractivity (Wildman–Crippen MR) is 108 cm³/mol. The van der Waals surface area contributed by atoms with E-state index in [2.05, 4.69) is 74.1 Å². The zero-order valence-electron chi connectivity index (χ0n) is 14.2. The monoisotopic (exact) mass is 407 g/mol. The Hall–Kier alpha value is -2.71. The molecule has 1 aliphatic heterocycles. The highest BCUT2D eigenvalue weighted by molar-refractivity contribution is 9.10. The fourth-order valence-electron chi connectivity index (χ4n) is 3.30. The Bertz CT molecular complexity index is 1020. The van der Waals surface area contributed by atoms with Crippen LogP contribution in [0.5, 0.6) is 0 Å². The average molecular weight is 408 g/mol. The van der Waals surface area contributed by atoms with Crippen molar-refractivity contribution in [2.45, 2.75) is 19.5 Å². The first-order chi connectivity index (χ1) is 12.7. The summed E-state index contributed by atoms with van der Waals surface area (Å²) in [6.45, 7) is 1.74. The average Bonchev–Trinajstić information content (AvgIpc) is 3.25. The number of terminal acetylenes is 1. The molecule has 0 bridgehead atoms. The summed E-state index contributed by atoms with van der Waals surface area (Å²) in [4.78, 5) is 0. The molecule has 0 aliphatic carbocycles. The lowest BCUT2D eigenvalue weighted by atomic mass is 10.0. The van der Waals surface area contributed by atoms with Crippen molar-refractivity contribution in [1.29, 1.82) is 0 Å². The van der Waals surface area contributed by atoms with Crippen molar-refractivity contribution in [3.63, 3.8) is 0 Å². The van der Waals surface area contributed by atoms with Crippen LogP contribution in [-0.2, 0) is 24.2 Å². The third-order valence-corrected chi connectivity index (χ3v) is 4.94. The molecule has 0 fully saturated rings. The third-order valence-electron chi connectivity index (χ3n) is 4.45. The fraction of sp³-hybridized carbons (Fsp3) is 0.190. The first-order valence-electron chi connectivity index (χ1n) is 8.40. The molecule has 3 aromatic rings. The zero-order chi connectivity index (χ0) is 17.9. The van der Waals surface area contributed by atoms with Gasteiger partial charge in [-0.2, -0.15) is 0 Å². The molecule has 0 spiro atoms. The molecular weight excluding hydrogens is 390 g/mol. The van der Waals surface area contributed by atoms with Crippen LogP contribution in [0.3, 0.4) is 0 Å². The zero-order valence-corrected chi connectivity index (χ0v) is 15.8. The molecule has 5 heteroatoms. The number of halogens is 1. The third kappa shape index (κ3) is 3.47. The normalized spacial score (nSPS) is 13.2. The van der Waals surface area contributed by atoms with Crippen LogP contribution in [0.1, 0.15) is 16.7 Å². The van der Waals surface area contributed by atoms with Crippen LogP contribution in [0.2, 0.25) is 0 Å². The van der Waals surface area contributed by atoms with Crippen LogP contribution in [0.4, 0.5) is 0 Å². The van der Waals surface area contributed by atoms with Crippen molar-refractivity contribution in [1.82, 2.24) is 9.58 Å². The van der Waals surface area contributed by atoms with Gasteiger partial charge in [0, 0.05) is 21.6 Å². The number of ether oxygens (including phenoxy) is 1. The van der Waals surface area contributed by atoms with Gasteiger partial charge in [0.2, 0.25) is 0 Å². The summed E-state index contributed by atoms with van der Waals surface area (Å²) in [6, 6.07) is 15.0. The summed E-state index contributed by atoms with van der Waals surface area (Å²) in [6.07, 6.45) is 10.0. The van der Waals surface area contributed by atoms with Crippen molar-refractivity contribution in [3.05, 3.63) is 69.8 Å². The quantitative estimate of drug-likeness (QED) is 0.588. The molecule has 1 aromatic heterocycles. The Morgan fingerprint density at radius 1 is 1.19 bits per heavy atom. The van der Waals surface area contributed by atoms with Crippen molar-refractivity contribution in [3.8, 4) is 12.3 Å². The van der Waals surface area contributed by atoms with Crippen LogP contribution >= 0.6 is 15.9 Å². The van der Waals surface area contributed by atoms with Crippen LogP contribution in [0.15, 0.2) is 58.2 Å². The Labute approximate surface area is 161 Å². The smallest absolute Gasteiger partial charge is 0.195 e. The van der Waals surface area contributed by atoms with Gasteiger partial charge in [-0.25, -0.2) is 0 Å². The highest BCUT2D eigenvalue weighted by atomic mass is 79.9. The molecule has 26 heavy (non-hydrogen) atoms. The molecule has 2 aromatic carbocycles.